The van der Waals surface area contributed by atoms with Gasteiger partial charge in [-0.25, -0.2) is 9.69 Å². The molecule has 0 radical (unpaired) electrons. The Morgan fingerprint density at radius 1 is 1.12 bits per heavy atom. The first-order valence-corrected chi connectivity index (χ1v) is 10.0. The first-order chi connectivity index (χ1) is 15.4. The lowest BCUT2D eigenvalue weighted by molar-refractivity contribution is -0.122. The third-order valence-electron chi connectivity index (χ3n) is 4.59. The Hall–Kier alpha value is -3.84. The zero-order chi connectivity index (χ0) is 23.3. The predicted molar refractivity (Wildman–Crippen MR) is 123 cm³/mol. The molecule has 0 bridgehead atoms. The van der Waals surface area contributed by atoms with Gasteiger partial charge in [-0.2, -0.15) is 0 Å². The molecule has 1 heterocycles. The molecule has 0 aliphatic carbocycles. The van der Waals surface area contributed by atoms with Gasteiger partial charge in [-0.15, -0.1) is 6.58 Å². The molecule has 2 aromatic rings. The maximum absolute atomic E-state index is 13.1. The van der Waals surface area contributed by atoms with Crippen molar-refractivity contribution in [3.8, 4) is 11.5 Å². The van der Waals surface area contributed by atoms with E-state index in [2.05, 4.69) is 18.5 Å². The van der Waals surface area contributed by atoms with Gasteiger partial charge in [-0.1, -0.05) is 42.5 Å². The number of nitrogens with one attached hydrogen (secondary N) is 1. The molecule has 1 N–H and O–H groups in total. The summed E-state index contributed by atoms with van der Waals surface area (Å²) >= 11 is 6.16. The molecule has 7 nitrogen and oxygen atoms in total. The Labute approximate surface area is 190 Å². The smallest absolute Gasteiger partial charge is 0.335 e. The van der Waals surface area contributed by atoms with Gasteiger partial charge in [0, 0.05) is 5.56 Å². The fraction of sp³-hybridized carbons (Fsp3) is 0.125. The fourth-order valence-electron chi connectivity index (χ4n) is 3.21. The summed E-state index contributed by atoms with van der Waals surface area (Å²) in [5.74, 6) is -0.662. The monoisotopic (exact) mass is 452 g/mol. The molecular weight excluding hydrogens is 432 g/mol. The number of carbonyl (C=O) groups is 3. The lowest BCUT2D eigenvalue weighted by Gasteiger charge is -2.27. The quantitative estimate of drug-likeness (QED) is 0.366. The van der Waals surface area contributed by atoms with Gasteiger partial charge in [0.2, 0.25) is 0 Å². The van der Waals surface area contributed by atoms with E-state index in [1.165, 1.54) is 19.3 Å². The number of rotatable bonds is 8. The molecule has 0 unspecified atom stereocenters. The van der Waals surface area contributed by atoms with Crippen LogP contribution in [-0.4, -0.2) is 31.6 Å². The lowest BCUT2D eigenvalue weighted by atomic mass is 10.0. The Balaban J connectivity index is 2.08. The number of hydrogen-bond acceptors (Lipinski definition) is 5. The number of halogens is 1. The van der Waals surface area contributed by atoms with Crippen molar-refractivity contribution in [2.75, 3.05) is 18.6 Å². The molecule has 0 atom stereocenters. The van der Waals surface area contributed by atoms with Gasteiger partial charge in [-0.05, 0) is 42.3 Å². The molecule has 4 amide bonds. The lowest BCUT2D eigenvalue weighted by Crippen LogP contribution is -2.54. The van der Waals surface area contributed by atoms with Crippen LogP contribution in [0.3, 0.4) is 0 Å². The van der Waals surface area contributed by atoms with Gasteiger partial charge < -0.3 is 9.47 Å². The molecule has 8 heteroatoms. The number of benzene rings is 2. The van der Waals surface area contributed by atoms with Crippen molar-refractivity contribution in [1.29, 1.82) is 0 Å². The second-order valence-corrected chi connectivity index (χ2v) is 7.12. The van der Waals surface area contributed by atoms with Crippen molar-refractivity contribution >= 4 is 41.2 Å². The van der Waals surface area contributed by atoms with Gasteiger partial charge >= 0.3 is 6.03 Å². The number of hydrogen-bond donors (Lipinski definition) is 1. The maximum atomic E-state index is 13.1. The number of amides is 4. The second kappa shape index (κ2) is 9.98. The van der Waals surface area contributed by atoms with E-state index in [4.69, 9.17) is 21.1 Å². The normalized spacial score (nSPS) is 14.9. The van der Waals surface area contributed by atoms with Crippen LogP contribution in [-0.2, 0) is 16.0 Å². The largest absolute Gasteiger partial charge is 0.493 e. The number of urea groups is 1. The van der Waals surface area contributed by atoms with Crippen LogP contribution in [0.5, 0.6) is 11.5 Å². The van der Waals surface area contributed by atoms with Gasteiger partial charge in [0.25, 0.3) is 11.8 Å². The molecule has 0 saturated carbocycles. The van der Waals surface area contributed by atoms with Crippen molar-refractivity contribution in [1.82, 2.24) is 5.32 Å². The minimum absolute atomic E-state index is 0.174. The van der Waals surface area contributed by atoms with Crippen molar-refractivity contribution < 1.29 is 23.9 Å². The zero-order valence-corrected chi connectivity index (χ0v) is 18.1. The molecule has 0 aromatic heterocycles. The summed E-state index contributed by atoms with van der Waals surface area (Å²) in [7, 11) is 1.49. The molecule has 164 valence electrons. The fourth-order valence-corrected chi connectivity index (χ4v) is 3.43. The highest BCUT2D eigenvalue weighted by Gasteiger charge is 2.37. The summed E-state index contributed by atoms with van der Waals surface area (Å²) < 4.78 is 11.2. The number of ether oxygens (including phenoxy) is 2. The first-order valence-electron chi connectivity index (χ1n) is 9.62. The predicted octanol–water partition coefficient (Wildman–Crippen LogP) is 4.31. The number of anilines is 1. The van der Waals surface area contributed by atoms with Crippen LogP contribution in [0.15, 0.2) is 67.3 Å². The SMILES string of the molecule is C=CCOc1c(CC=C)cc(/C=C2\C(=O)NC(=O)N(c3ccccc3Cl)C2=O)cc1OC. The summed E-state index contributed by atoms with van der Waals surface area (Å²) in [6.45, 7) is 7.67. The van der Waals surface area contributed by atoms with E-state index in [0.717, 1.165) is 10.5 Å². The number of nitrogens with zero attached hydrogens (tertiary/aromatic N) is 1. The summed E-state index contributed by atoms with van der Waals surface area (Å²) in [5, 5.41) is 2.38. The molecular formula is C24H21ClN2O5. The average Bonchev–Trinajstić information content (AvgIpc) is 2.77. The van der Waals surface area contributed by atoms with E-state index >= 15 is 0 Å². The van der Waals surface area contributed by atoms with Crippen LogP contribution in [0.1, 0.15) is 11.1 Å². The summed E-state index contributed by atoms with van der Waals surface area (Å²) in [5.41, 5.74) is 1.21. The van der Waals surface area contributed by atoms with Crippen LogP contribution in [0.4, 0.5) is 10.5 Å². The van der Waals surface area contributed by atoms with Gasteiger partial charge in [0.1, 0.15) is 12.2 Å². The minimum Gasteiger partial charge on any atom is -0.493 e. The highest BCUT2D eigenvalue weighted by Crippen LogP contribution is 2.35. The minimum atomic E-state index is -0.872. The standard InChI is InChI=1S/C24H21ClN2O5/c1-4-8-16-12-15(14-20(31-3)21(16)32-11-5-2)13-17-22(28)26-24(30)27(23(17)29)19-10-7-6-9-18(19)25/h4-7,9-10,12-14H,1-2,8,11H2,3H3,(H,26,28,30)/b17-13+. The molecule has 1 fully saturated rings. The van der Waals surface area contributed by atoms with Gasteiger partial charge in [0.15, 0.2) is 11.5 Å². The van der Waals surface area contributed by atoms with Crippen molar-refractivity contribution in [2.24, 2.45) is 0 Å². The van der Waals surface area contributed by atoms with E-state index in [-0.39, 0.29) is 22.9 Å². The molecule has 2 aromatic carbocycles. The van der Waals surface area contributed by atoms with Crippen LogP contribution >= 0.6 is 11.6 Å². The maximum Gasteiger partial charge on any atom is 0.335 e. The average molecular weight is 453 g/mol. The summed E-state index contributed by atoms with van der Waals surface area (Å²) in [6, 6.07) is 8.89. The van der Waals surface area contributed by atoms with Crippen molar-refractivity contribution in [3.05, 3.63) is 83.4 Å². The highest BCUT2D eigenvalue weighted by molar-refractivity contribution is 6.42. The first kappa shape index (κ1) is 22.8. The molecule has 32 heavy (non-hydrogen) atoms. The highest BCUT2D eigenvalue weighted by atomic mass is 35.5. The van der Waals surface area contributed by atoms with E-state index in [1.54, 1.807) is 42.5 Å². The van der Waals surface area contributed by atoms with Gasteiger partial charge in [0.05, 0.1) is 17.8 Å². The Bertz CT molecular complexity index is 1140. The number of allylic oxidation sites excluding steroid dienone is 1. The number of para-hydroxylation sites is 1. The third kappa shape index (κ3) is 4.58. The van der Waals surface area contributed by atoms with Gasteiger partial charge in [-0.3, -0.25) is 14.9 Å². The summed E-state index contributed by atoms with van der Waals surface area (Å²) in [6.07, 6.45) is 5.16. The zero-order valence-electron chi connectivity index (χ0n) is 17.4. The van der Waals surface area contributed by atoms with Crippen molar-refractivity contribution in [3.63, 3.8) is 0 Å². The molecule has 3 rings (SSSR count). The number of methoxy groups -OCH3 is 1. The van der Waals surface area contributed by atoms with Crippen LogP contribution < -0.4 is 19.7 Å². The Morgan fingerprint density at radius 2 is 1.88 bits per heavy atom. The second-order valence-electron chi connectivity index (χ2n) is 6.71. The van der Waals surface area contributed by atoms with E-state index < -0.39 is 17.8 Å². The van der Waals surface area contributed by atoms with E-state index in [9.17, 15) is 14.4 Å². The van der Waals surface area contributed by atoms with E-state index in [0.29, 0.717) is 23.5 Å². The van der Waals surface area contributed by atoms with Crippen LogP contribution in [0.25, 0.3) is 6.08 Å². The molecule has 1 aliphatic heterocycles. The topological polar surface area (TPSA) is 84.9 Å². The van der Waals surface area contributed by atoms with E-state index in [1.807, 2.05) is 0 Å². The number of carbonyl (C=O) groups excluding carboxylic acids is 3. The number of barbiturate groups is 1. The van der Waals surface area contributed by atoms with Crippen LogP contribution in [0, 0.1) is 0 Å². The Morgan fingerprint density at radius 3 is 2.53 bits per heavy atom. The van der Waals surface area contributed by atoms with Crippen molar-refractivity contribution in [2.45, 2.75) is 6.42 Å². The number of imide groups is 2. The third-order valence-corrected chi connectivity index (χ3v) is 4.91. The molecule has 1 aliphatic rings. The molecule has 1 saturated heterocycles. The van der Waals surface area contributed by atoms with Crippen LogP contribution in [0.2, 0.25) is 5.02 Å². The summed E-state index contributed by atoms with van der Waals surface area (Å²) in [4.78, 5) is 38.8. The molecule has 0 spiro atoms. The Kier molecular flexibility index (Phi) is 7.12.